The fourth-order valence-electron chi connectivity index (χ4n) is 2.40. The van der Waals surface area contributed by atoms with Gasteiger partial charge in [0.2, 0.25) is 0 Å². The molecule has 0 spiro atoms. The van der Waals surface area contributed by atoms with E-state index in [0.717, 1.165) is 30.6 Å². The van der Waals surface area contributed by atoms with Gasteiger partial charge in [0.1, 0.15) is 0 Å². The zero-order valence-corrected chi connectivity index (χ0v) is 11.2. The van der Waals surface area contributed by atoms with Gasteiger partial charge in [-0.05, 0) is 33.1 Å². The van der Waals surface area contributed by atoms with Gasteiger partial charge < -0.3 is 10.0 Å². The number of thiazole rings is 1. The first-order chi connectivity index (χ1) is 8.50. The number of rotatable bonds is 2. The summed E-state index contributed by atoms with van der Waals surface area (Å²) in [5.74, 6) is -1.24. The van der Waals surface area contributed by atoms with Crippen molar-refractivity contribution in [2.45, 2.75) is 45.2 Å². The van der Waals surface area contributed by atoms with Crippen LogP contribution in [-0.2, 0) is 0 Å². The second-order valence-corrected chi connectivity index (χ2v) is 5.54. The Labute approximate surface area is 109 Å². The summed E-state index contributed by atoms with van der Waals surface area (Å²) >= 11 is 1.10. The van der Waals surface area contributed by atoms with Gasteiger partial charge in [-0.3, -0.25) is 4.79 Å². The molecule has 0 radical (unpaired) electrons. The maximum absolute atomic E-state index is 12.3. The number of hydrogen-bond acceptors (Lipinski definition) is 4. The van der Waals surface area contributed by atoms with Crippen LogP contribution in [0.15, 0.2) is 5.38 Å². The Morgan fingerprint density at radius 3 is 2.50 bits per heavy atom. The largest absolute Gasteiger partial charge is 0.476 e. The summed E-state index contributed by atoms with van der Waals surface area (Å²) in [5.41, 5.74) is -0.0549. The van der Waals surface area contributed by atoms with Gasteiger partial charge in [0.05, 0.1) is 0 Å². The maximum atomic E-state index is 12.3. The van der Waals surface area contributed by atoms with E-state index < -0.39 is 5.97 Å². The highest BCUT2D eigenvalue weighted by atomic mass is 32.1. The third-order valence-electron chi connectivity index (χ3n) is 3.33. The molecule has 1 amide bonds. The van der Waals surface area contributed by atoms with Crippen molar-refractivity contribution in [1.29, 1.82) is 0 Å². The van der Waals surface area contributed by atoms with Crippen LogP contribution >= 0.6 is 11.3 Å². The van der Waals surface area contributed by atoms with Crippen molar-refractivity contribution in [2.75, 3.05) is 0 Å². The first-order valence-corrected chi connectivity index (χ1v) is 6.90. The third kappa shape index (κ3) is 2.38. The zero-order chi connectivity index (χ0) is 13.3. The second-order valence-electron chi connectivity index (χ2n) is 4.68. The maximum Gasteiger partial charge on any atom is 0.355 e. The van der Waals surface area contributed by atoms with Gasteiger partial charge >= 0.3 is 5.97 Å². The molecule has 2 rings (SSSR count). The second kappa shape index (κ2) is 5.06. The standard InChI is InChI=1S/C12H16N2O3S/c1-7-4-3-5-8(2)14(7)11(15)10-13-9(6-18-10)12(16)17/h6-8H,3-5H2,1-2H3,(H,16,17). The Bertz CT molecular complexity index is 462. The summed E-state index contributed by atoms with van der Waals surface area (Å²) in [6.45, 7) is 4.05. The lowest BCUT2D eigenvalue weighted by Gasteiger charge is -2.38. The molecule has 0 saturated carbocycles. The number of likely N-dealkylation sites (tertiary alicyclic amines) is 1. The van der Waals surface area contributed by atoms with E-state index >= 15 is 0 Å². The van der Waals surface area contributed by atoms with Crippen molar-refractivity contribution in [3.05, 3.63) is 16.1 Å². The Hall–Kier alpha value is -1.43. The number of nitrogens with zero attached hydrogens (tertiary/aromatic N) is 2. The average Bonchev–Trinajstić information content (AvgIpc) is 2.77. The summed E-state index contributed by atoms with van der Waals surface area (Å²) in [4.78, 5) is 28.8. The molecule has 1 aromatic heterocycles. The summed E-state index contributed by atoms with van der Waals surface area (Å²) in [6, 6.07) is 0.386. The molecule has 1 saturated heterocycles. The predicted octanol–water partition coefficient (Wildman–Crippen LogP) is 2.24. The van der Waals surface area contributed by atoms with Gasteiger partial charge in [0, 0.05) is 17.5 Å². The molecule has 0 aliphatic carbocycles. The lowest BCUT2D eigenvalue weighted by molar-refractivity contribution is 0.0510. The van der Waals surface area contributed by atoms with Crippen molar-refractivity contribution < 1.29 is 14.7 Å². The molecular formula is C12H16N2O3S. The minimum Gasteiger partial charge on any atom is -0.476 e. The van der Waals surface area contributed by atoms with E-state index in [9.17, 15) is 9.59 Å². The number of piperidine rings is 1. The molecule has 2 heterocycles. The van der Waals surface area contributed by atoms with Gasteiger partial charge in [-0.2, -0.15) is 0 Å². The molecule has 5 nitrogen and oxygen atoms in total. The van der Waals surface area contributed by atoms with Crippen molar-refractivity contribution in [2.24, 2.45) is 0 Å². The highest BCUT2D eigenvalue weighted by Crippen LogP contribution is 2.25. The van der Waals surface area contributed by atoms with Gasteiger partial charge in [-0.1, -0.05) is 0 Å². The Morgan fingerprint density at radius 2 is 2.00 bits per heavy atom. The molecule has 1 aromatic rings. The van der Waals surface area contributed by atoms with E-state index in [2.05, 4.69) is 4.98 Å². The molecule has 1 fully saturated rings. The molecule has 1 N–H and O–H groups in total. The van der Waals surface area contributed by atoms with Gasteiger partial charge in [0.15, 0.2) is 10.7 Å². The molecule has 1 aliphatic heterocycles. The van der Waals surface area contributed by atoms with E-state index in [1.54, 1.807) is 0 Å². The molecule has 0 bridgehead atoms. The van der Waals surface area contributed by atoms with Crippen LogP contribution in [0.3, 0.4) is 0 Å². The summed E-state index contributed by atoms with van der Waals surface area (Å²) in [7, 11) is 0. The first-order valence-electron chi connectivity index (χ1n) is 6.02. The quantitative estimate of drug-likeness (QED) is 0.893. The summed E-state index contributed by atoms with van der Waals surface area (Å²) in [5, 5.41) is 10.5. The lowest BCUT2D eigenvalue weighted by Crippen LogP contribution is -2.47. The number of carboxylic acids is 1. The Morgan fingerprint density at radius 1 is 1.39 bits per heavy atom. The Balaban J connectivity index is 2.21. The number of aromatic nitrogens is 1. The number of aromatic carboxylic acids is 1. The van der Waals surface area contributed by atoms with Crippen LogP contribution in [0, 0.1) is 0 Å². The van der Waals surface area contributed by atoms with Crippen molar-refractivity contribution in [3.8, 4) is 0 Å². The Kier molecular flexibility index (Phi) is 3.65. The van der Waals surface area contributed by atoms with Crippen LogP contribution in [0.5, 0.6) is 0 Å². The SMILES string of the molecule is CC1CCCC(C)N1C(=O)c1nc(C(=O)O)cs1. The topological polar surface area (TPSA) is 70.5 Å². The van der Waals surface area contributed by atoms with Crippen molar-refractivity contribution in [1.82, 2.24) is 9.88 Å². The molecule has 2 unspecified atom stereocenters. The van der Waals surface area contributed by atoms with Crippen molar-refractivity contribution >= 4 is 23.2 Å². The number of hydrogen-bond donors (Lipinski definition) is 1. The number of amides is 1. The monoisotopic (exact) mass is 268 g/mol. The number of carboxylic acid groups (broad SMARTS) is 1. The molecule has 18 heavy (non-hydrogen) atoms. The van der Waals surface area contributed by atoms with E-state index in [-0.39, 0.29) is 28.7 Å². The van der Waals surface area contributed by atoms with Gasteiger partial charge in [-0.25, -0.2) is 9.78 Å². The average molecular weight is 268 g/mol. The van der Waals surface area contributed by atoms with Gasteiger partial charge in [0.25, 0.3) is 5.91 Å². The third-order valence-corrected chi connectivity index (χ3v) is 4.16. The normalized spacial score (nSPS) is 24.0. The van der Waals surface area contributed by atoms with Crippen LogP contribution < -0.4 is 0 Å². The molecule has 1 aliphatic rings. The summed E-state index contributed by atoms with van der Waals surface area (Å²) in [6.07, 6.45) is 3.12. The summed E-state index contributed by atoms with van der Waals surface area (Å²) < 4.78 is 0. The van der Waals surface area contributed by atoms with E-state index in [0.29, 0.717) is 0 Å². The molecule has 0 aromatic carbocycles. The van der Waals surface area contributed by atoms with Crippen LogP contribution in [0.1, 0.15) is 53.4 Å². The fourth-order valence-corrected chi connectivity index (χ4v) is 3.14. The van der Waals surface area contributed by atoms with Crippen LogP contribution in [-0.4, -0.2) is 39.0 Å². The zero-order valence-electron chi connectivity index (χ0n) is 10.4. The minimum atomic E-state index is -1.09. The highest BCUT2D eigenvalue weighted by molar-refractivity contribution is 7.11. The van der Waals surface area contributed by atoms with E-state index in [1.165, 1.54) is 5.38 Å². The van der Waals surface area contributed by atoms with E-state index in [1.807, 2.05) is 18.7 Å². The van der Waals surface area contributed by atoms with Crippen LogP contribution in [0.2, 0.25) is 0 Å². The number of carbonyl (C=O) groups excluding carboxylic acids is 1. The van der Waals surface area contributed by atoms with Crippen molar-refractivity contribution in [3.63, 3.8) is 0 Å². The van der Waals surface area contributed by atoms with Crippen LogP contribution in [0.25, 0.3) is 0 Å². The van der Waals surface area contributed by atoms with E-state index in [4.69, 9.17) is 5.11 Å². The minimum absolute atomic E-state index is 0.0549. The fraction of sp³-hybridized carbons (Fsp3) is 0.583. The molecule has 2 atom stereocenters. The molecule has 98 valence electrons. The highest BCUT2D eigenvalue weighted by Gasteiger charge is 2.31. The predicted molar refractivity (Wildman–Crippen MR) is 68.0 cm³/mol. The molecular weight excluding hydrogens is 252 g/mol. The lowest BCUT2D eigenvalue weighted by atomic mass is 9.97. The van der Waals surface area contributed by atoms with Crippen LogP contribution in [0.4, 0.5) is 0 Å². The smallest absolute Gasteiger partial charge is 0.355 e. The first kappa shape index (κ1) is 13.0. The van der Waals surface area contributed by atoms with Gasteiger partial charge in [-0.15, -0.1) is 11.3 Å². The molecule has 6 heteroatoms. The number of carbonyl (C=O) groups is 2.